The SMILES string of the molecule is O=C(O)C[C@H]1C=CC[C@H](NC(=O)Cc2cccc[n+]2O)B(O)O1. The van der Waals surface area contributed by atoms with Gasteiger partial charge in [0.2, 0.25) is 17.8 Å². The minimum absolute atomic E-state index is 0.0666. The minimum atomic E-state index is -1.31. The van der Waals surface area contributed by atoms with Gasteiger partial charge in [0.1, 0.15) is 6.42 Å². The van der Waals surface area contributed by atoms with Gasteiger partial charge in [-0.15, -0.1) is 0 Å². The lowest BCUT2D eigenvalue weighted by atomic mass is 9.77. The zero-order chi connectivity index (χ0) is 16.8. The zero-order valence-electron chi connectivity index (χ0n) is 12.3. The second-order valence-electron chi connectivity index (χ2n) is 5.21. The van der Waals surface area contributed by atoms with E-state index in [0.29, 0.717) is 12.1 Å². The number of aromatic nitrogens is 1. The molecule has 4 N–H and O–H groups in total. The van der Waals surface area contributed by atoms with Crippen LogP contribution in [-0.2, 0) is 20.7 Å². The van der Waals surface area contributed by atoms with Crippen LogP contribution in [0, 0.1) is 0 Å². The maximum Gasteiger partial charge on any atom is 0.478 e. The molecule has 0 radical (unpaired) electrons. The molecule has 1 aliphatic rings. The average molecular weight is 321 g/mol. The fourth-order valence-electron chi connectivity index (χ4n) is 2.26. The lowest BCUT2D eigenvalue weighted by Crippen LogP contribution is -2.49. The third-order valence-electron chi connectivity index (χ3n) is 3.38. The summed E-state index contributed by atoms with van der Waals surface area (Å²) in [6.07, 6.45) is 3.89. The van der Waals surface area contributed by atoms with Gasteiger partial charge in [-0.3, -0.25) is 14.8 Å². The zero-order valence-corrected chi connectivity index (χ0v) is 12.3. The number of hydrogen-bond acceptors (Lipinski definition) is 5. The van der Waals surface area contributed by atoms with Crippen LogP contribution in [0.2, 0.25) is 0 Å². The van der Waals surface area contributed by atoms with E-state index in [1.807, 2.05) is 0 Å². The molecule has 1 amide bonds. The van der Waals surface area contributed by atoms with Crippen molar-refractivity contribution >= 4 is 19.0 Å². The second-order valence-corrected chi connectivity index (χ2v) is 5.21. The molecule has 2 atom stereocenters. The summed E-state index contributed by atoms with van der Waals surface area (Å²) in [6.45, 7) is 0. The van der Waals surface area contributed by atoms with E-state index in [1.165, 1.54) is 6.20 Å². The molecule has 122 valence electrons. The van der Waals surface area contributed by atoms with Crippen molar-refractivity contribution in [3.05, 3.63) is 42.2 Å². The Bertz CT molecular complexity index is 609. The molecule has 0 fully saturated rings. The Morgan fingerprint density at radius 2 is 2.22 bits per heavy atom. The molecule has 0 spiro atoms. The third kappa shape index (κ3) is 5.08. The van der Waals surface area contributed by atoms with Gasteiger partial charge in [0.25, 0.3) is 0 Å². The van der Waals surface area contributed by atoms with Crippen molar-refractivity contribution in [3.63, 3.8) is 0 Å². The first-order valence-corrected chi connectivity index (χ1v) is 7.16. The van der Waals surface area contributed by atoms with Crippen molar-refractivity contribution in [1.29, 1.82) is 0 Å². The topological polar surface area (TPSA) is 120 Å². The molecule has 1 aromatic heterocycles. The molecule has 0 aromatic carbocycles. The van der Waals surface area contributed by atoms with E-state index >= 15 is 0 Å². The summed E-state index contributed by atoms with van der Waals surface area (Å²) in [5, 5.41) is 30.9. The van der Waals surface area contributed by atoms with Crippen LogP contribution in [0.5, 0.6) is 0 Å². The largest absolute Gasteiger partial charge is 0.481 e. The van der Waals surface area contributed by atoms with E-state index < -0.39 is 31.0 Å². The van der Waals surface area contributed by atoms with Crippen molar-refractivity contribution in [2.75, 3.05) is 0 Å². The standard InChI is InChI=1S/C14H17BN2O6/c18-13(8-10-4-1-2-7-17(10)22)16-12-6-3-5-11(9-14(19)20)23-15(12)21/h1-5,7,11-12,21H,6,8-9H2,(H2-,16,18,19,20,22)/p+1/t11-,12+/m1/s1. The molecule has 0 saturated carbocycles. The number of carbonyl (C=O) groups excluding carboxylic acids is 1. The molecular formula is C14H18BN2O6+. The number of hydrogen-bond donors (Lipinski definition) is 4. The van der Waals surface area contributed by atoms with E-state index in [9.17, 15) is 19.8 Å². The Hall–Kier alpha value is -2.39. The number of amides is 1. The highest BCUT2D eigenvalue weighted by atomic mass is 16.5. The fraction of sp³-hybridized carbons (Fsp3) is 0.357. The molecule has 9 heteroatoms. The first kappa shape index (κ1) is 17.0. The molecule has 2 rings (SSSR count). The predicted octanol–water partition coefficient (Wildman–Crippen LogP) is -0.922. The van der Waals surface area contributed by atoms with Crippen molar-refractivity contribution in [2.45, 2.75) is 31.3 Å². The normalized spacial score (nSPS) is 20.8. The molecule has 0 saturated heterocycles. The van der Waals surface area contributed by atoms with Gasteiger partial charge in [0.05, 0.1) is 18.5 Å². The number of nitrogens with one attached hydrogen (secondary N) is 1. The summed E-state index contributed by atoms with van der Waals surface area (Å²) in [7, 11) is -1.31. The van der Waals surface area contributed by atoms with Gasteiger partial charge in [0, 0.05) is 16.9 Å². The van der Waals surface area contributed by atoms with Gasteiger partial charge in [0.15, 0.2) is 0 Å². The molecule has 0 unspecified atom stereocenters. The van der Waals surface area contributed by atoms with Crippen LogP contribution in [-0.4, -0.2) is 46.4 Å². The monoisotopic (exact) mass is 321 g/mol. The van der Waals surface area contributed by atoms with Crippen LogP contribution in [0.3, 0.4) is 0 Å². The Kier molecular flexibility index (Phi) is 5.72. The van der Waals surface area contributed by atoms with Crippen LogP contribution < -0.4 is 10.0 Å². The molecule has 1 aliphatic heterocycles. The number of rotatable bonds is 5. The Morgan fingerprint density at radius 3 is 2.91 bits per heavy atom. The van der Waals surface area contributed by atoms with Crippen LogP contribution in [0.1, 0.15) is 18.5 Å². The number of carboxylic acid groups (broad SMARTS) is 1. The van der Waals surface area contributed by atoms with E-state index in [0.717, 1.165) is 4.73 Å². The number of pyridine rings is 1. The van der Waals surface area contributed by atoms with Crippen molar-refractivity contribution < 1.29 is 34.3 Å². The second kappa shape index (κ2) is 7.75. The van der Waals surface area contributed by atoms with Crippen molar-refractivity contribution in [2.24, 2.45) is 0 Å². The third-order valence-corrected chi connectivity index (χ3v) is 3.38. The molecular weight excluding hydrogens is 303 g/mol. The number of carbonyl (C=O) groups is 2. The van der Waals surface area contributed by atoms with E-state index in [1.54, 1.807) is 30.4 Å². The maximum atomic E-state index is 12.0. The Labute approximate surface area is 133 Å². The molecule has 1 aromatic rings. The van der Waals surface area contributed by atoms with Gasteiger partial charge >= 0.3 is 13.1 Å². The minimum Gasteiger partial charge on any atom is -0.481 e. The summed E-state index contributed by atoms with van der Waals surface area (Å²) in [4.78, 5) is 22.7. The molecule has 8 nitrogen and oxygen atoms in total. The lowest BCUT2D eigenvalue weighted by Gasteiger charge is -2.19. The average Bonchev–Trinajstić information content (AvgIpc) is 2.63. The highest BCUT2D eigenvalue weighted by Crippen LogP contribution is 2.12. The summed E-state index contributed by atoms with van der Waals surface area (Å²) in [5.74, 6) is -2.11. The highest BCUT2D eigenvalue weighted by molar-refractivity contribution is 6.45. The molecule has 0 bridgehead atoms. The summed E-state index contributed by atoms with van der Waals surface area (Å²) in [5.41, 5.74) is 0.397. The lowest BCUT2D eigenvalue weighted by molar-refractivity contribution is -0.909. The van der Waals surface area contributed by atoms with Gasteiger partial charge in [-0.1, -0.05) is 12.2 Å². The van der Waals surface area contributed by atoms with Crippen LogP contribution in [0.25, 0.3) is 0 Å². The van der Waals surface area contributed by atoms with Gasteiger partial charge in [-0.2, -0.15) is 0 Å². The van der Waals surface area contributed by atoms with E-state index in [-0.39, 0.29) is 12.8 Å². The van der Waals surface area contributed by atoms with Crippen molar-refractivity contribution in [1.82, 2.24) is 5.32 Å². The molecule has 0 aliphatic carbocycles. The van der Waals surface area contributed by atoms with Gasteiger partial charge in [-0.05, 0) is 12.5 Å². The quantitative estimate of drug-likeness (QED) is 0.241. The number of nitrogens with zero attached hydrogens (tertiary/aromatic N) is 1. The number of aliphatic carboxylic acids is 1. The van der Waals surface area contributed by atoms with Crippen LogP contribution >= 0.6 is 0 Å². The molecule has 23 heavy (non-hydrogen) atoms. The fourth-order valence-corrected chi connectivity index (χ4v) is 2.26. The Morgan fingerprint density at radius 1 is 1.43 bits per heavy atom. The summed E-state index contributed by atoms with van der Waals surface area (Å²) >= 11 is 0. The van der Waals surface area contributed by atoms with Crippen molar-refractivity contribution in [3.8, 4) is 0 Å². The van der Waals surface area contributed by atoms with Gasteiger partial charge in [-0.25, -0.2) is 0 Å². The summed E-state index contributed by atoms with van der Waals surface area (Å²) in [6, 6.07) is 4.91. The maximum absolute atomic E-state index is 12.0. The van der Waals surface area contributed by atoms with Crippen LogP contribution in [0.15, 0.2) is 36.5 Å². The van der Waals surface area contributed by atoms with E-state index in [2.05, 4.69) is 5.32 Å². The predicted molar refractivity (Wildman–Crippen MR) is 78.3 cm³/mol. The Balaban J connectivity index is 1.92. The smallest absolute Gasteiger partial charge is 0.478 e. The first-order valence-electron chi connectivity index (χ1n) is 7.16. The van der Waals surface area contributed by atoms with E-state index in [4.69, 9.17) is 9.76 Å². The number of carboxylic acids is 1. The highest BCUT2D eigenvalue weighted by Gasteiger charge is 2.33. The van der Waals surface area contributed by atoms with Gasteiger partial charge < -0.3 is 20.1 Å². The first-order chi connectivity index (χ1) is 11.0. The molecule has 2 heterocycles. The summed E-state index contributed by atoms with van der Waals surface area (Å²) < 4.78 is 6.08. The van der Waals surface area contributed by atoms with Crippen LogP contribution in [0.4, 0.5) is 0 Å².